The molecule has 0 aliphatic heterocycles. The Hall–Kier alpha value is -3.18. The van der Waals surface area contributed by atoms with Crippen molar-refractivity contribution in [3.8, 4) is 11.5 Å². The molecule has 0 aliphatic carbocycles. The van der Waals surface area contributed by atoms with Crippen LogP contribution in [0.2, 0.25) is 0 Å². The third kappa shape index (κ3) is 5.94. The van der Waals surface area contributed by atoms with E-state index in [9.17, 15) is 9.90 Å². The lowest BCUT2D eigenvalue weighted by atomic mass is 10.2. The van der Waals surface area contributed by atoms with E-state index in [1.165, 1.54) is 6.08 Å². The molecule has 0 bridgehead atoms. The summed E-state index contributed by atoms with van der Waals surface area (Å²) in [5, 5.41) is 9.26. The maximum atomic E-state index is 11.9. The molecule has 0 amide bonds. The molecular weight excluding hydrogens is 406 g/mol. The van der Waals surface area contributed by atoms with Crippen LogP contribution in [0, 0.1) is 0 Å². The largest absolute Gasteiger partial charge is 0.508 e. The van der Waals surface area contributed by atoms with Crippen molar-refractivity contribution in [1.29, 1.82) is 0 Å². The van der Waals surface area contributed by atoms with Crippen LogP contribution in [-0.4, -0.2) is 17.3 Å². The molecule has 0 saturated carbocycles. The lowest BCUT2D eigenvalue weighted by molar-refractivity contribution is -0.128. The second-order valence-corrected chi connectivity index (χ2v) is 6.57. The van der Waals surface area contributed by atoms with Gasteiger partial charge in [-0.25, -0.2) is 4.79 Å². The molecule has 0 spiro atoms. The fourth-order valence-electron chi connectivity index (χ4n) is 2.23. The molecule has 3 rings (SSSR count). The van der Waals surface area contributed by atoms with Gasteiger partial charge in [0.25, 0.3) is 0 Å². The van der Waals surface area contributed by atoms with E-state index < -0.39 is 5.97 Å². The van der Waals surface area contributed by atoms with Crippen LogP contribution in [0.3, 0.4) is 0 Å². The second kappa shape index (κ2) is 8.96. The molecule has 0 unspecified atom stereocenters. The third-order valence-corrected chi connectivity index (χ3v) is 4.06. The third-order valence-electron chi connectivity index (χ3n) is 3.57. The summed E-state index contributed by atoms with van der Waals surface area (Å²) in [6.07, 6.45) is 4.79. The van der Waals surface area contributed by atoms with Gasteiger partial charge in [0.2, 0.25) is 0 Å². The zero-order chi connectivity index (χ0) is 19.1. The average molecular weight is 422 g/mol. The predicted octanol–water partition coefficient (Wildman–Crippen LogP) is 5.52. The quantitative estimate of drug-likeness (QED) is 0.255. The molecule has 5 heteroatoms. The molecule has 27 heavy (non-hydrogen) atoms. The van der Waals surface area contributed by atoms with Crippen LogP contribution in [0.4, 0.5) is 5.69 Å². The first-order chi connectivity index (χ1) is 13.1. The number of nitrogens with zero attached hydrogens (tertiary/aromatic N) is 1. The average Bonchev–Trinajstić information content (AvgIpc) is 2.67. The van der Waals surface area contributed by atoms with Crippen molar-refractivity contribution in [2.45, 2.75) is 0 Å². The number of ether oxygens (including phenoxy) is 1. The maximum absolute atomic E-state index is 11.9. The van der Waals surface area contributed by atoms with Crippen molar-refractivity contribution in [2.75, 3.05) is 0 Å². The summed E-state index contributed by atoms with van der Waals surface area (Å²) in [6, 6.07) is 21.3. The van der Waals surface area contributed by atoms with E-state index in [2.05, 4.69) is 20.9 Å². The molecule has 3 aromatic carbocycles. The van der Waals surface area contributed by atoms with Gasteiger partial charge >= 0.3 is 5.97 Å². The van der Waals surface area contributed by atoms with Gasteiger partial charge in [0.1, 0.15) is 11.5 Å². The van der Waals surface area contributed by atoms with Gasteiger partial charge in [0.15, 0.2) is 0 Å². The Balaban J connectivity index is 1.58. The van der Waals surface area contributed by atoms with E-state index in [4.69, 9.17) is 4.74 Å². The first kappa shape index (κ1) is 18.6. The Bertz CT molecular complexity index is 977. The number of halogens is 1. The van der Waals surface area contributed by atoms with Crippen molar-refractivity contribution < 1.29 is 14.6 Å². The molecule has 1 N–H and O–H groups in total. The minimum atomic E-state index is -0.444. The SMILES string of the molecule is O=C(C=Cc1cccc(Br)c1)Oc1ccc(/C=N/c2ccc(O)cc2)cc1. The monoisotopic (exact) mass is 421 g/mol. The number of esters is 1. The van der Waals surface area contributed by atoms with Crippen LogP contribution in [-0.2, 0) is 4.79 Å². The molecule has 0 aliphatic rings. The fourth-order valence-corrected chi connectivity index (χ4v) is 2.65. The summed E-state index contributed by atoms with van der Waals surface area (Å²) >= 11 is 3.39. The fraction of sp³-hybridized carbons (Fsp3) is 0. The smallest absolute Gasteiger partial charge is 0.336 e. The van der Waals surface area contributed by atoms with E-state index in [0.29, 0.717) is 5.75 Å². The zero-order valence-electron chi connectivity index (χ0n) is 14.2. The highest BCUT2D eigenvalue weighted by atomic mass is 79.9. The number of aliphatic imine (C=N–C) groups is 1. The van der Waals surface area contributed by atoms with E-state index in [-0.39, 0.29) is 5.75 Å². The normalized spacial score (nSPS) is 11.1. The van der Waals surface area contributed by atoms with Crippen LogP contribution in [0.25, 0.3) is 6.08 Å². The molecule has 0 saturated heterocycles. The maximum Gasteiger partial charge on any atom is 0.336 e. The Kier molecular flexibility index (Phi) is 6.18. The van der Waals surface area contributed by atoms with Crippen LogP contribution >= 0.6 is 15.9 Å². The number of rotatable bonds is 5. The topological polar surface area (TPSA) is 58.9 Å². The van der Waals surface area contributed by atoms with E-state index >= 15 is 0 Å². The highest BCUT2D eigenvalue weighted by Gasteiger charge is 2.01. The summed E-state index contributed by atoms with van der Waals surface area (Å²) in [6.45, 7) is 0. The highest BCUT2D eigenvalue weighted by molar-refractivity contribution is 9.10. The van der Waals surface area contributed by atoms with Gasteiger partial charge in [-0.15, -0.1) is 0 Å². The number of benzene rings is 3. The van der Waals surface area contributed by atoms with Gasteiger partial charge in [-0.1, -0.05) is 28.1 Å². The van der Waals surface area contributed by atoms with Gasteiger partial charge in [-0.05, 0) is 77.9 Å². The standard InChI is InChI=1S/C22H16BrNO3/c23-18-3-1-2-16(14-18)6-13-22(26)27-21-11-4-17(5-12-21)15-24-19-7-9-20(25)10-8-19/h1-15,25H/b13-6?,24-15+. The van der Waals surface area contributed by atoms with Crippen molar-refractivity contribution in [3.05, 3.63) is 94.5 Å². The lowest BCUT2D eigenvalue weighted by Gasteiger charge is -2.02. The number of phenolic OH excluding ortho intramolecular Hbond substituents is 1. The van der Waals surface area contributed by atoms with E-state index in [1.54, 1.807) is 48.7 Å². The number of hydrogen-bond acceptors (Lipinski definition) is 4. The van der Waals surface area contributed by atoms with Crippen molar-refractivity contribution in [2.24, 2.45) is 4.99 Å². The minimum absolute atomic E-state index is 0.203. The van der Waals surface area contributed by atoms with Crippen LogP contribution in [0.15, 0.2) is 88.3 Å². The molecule has 134 valence electrons. The van der Waals surface area contributed by atoms with Gasteiger partial charge in [0, 0.05) is 16.8 Å². The number of carbonyl (C=O) groups is 1. The number of phenols is 1. The Morgan fingerprint density at radius 1 is 0.963 bits per heavy atom. The van der Waals surface area contributed by atoms with Gasteiger partial charge in [0.05, 0.1) is 5.69 Å². The van der Waals surface area contributed by atoms with Crippen molar-refractivity contribution in [1.82, 2.24) is 0 Å². The first-order valence-corrected chi connectivity index (χ1v) is 8.96. The van der Waals surface area contributed by atoms with Crippen molar-refractivity contribution in [3.63, 3.8) is 0 Å². The Morgan fingerprint density at radius 3 is 2.41 bits per heavy atom. The molecule has 0 heterocycles. The zero-order valence-corrected chi connectivity index (χ0v) is 15.8. The summed E-state index contributed by atoms with van der Waals surface area (Å²) < 4.78 is 6.23. The van der Waals surface area contributed by atoms with Crippen LogP contribution in [0.1, 0.15) is 11.1 Å². The molecule has 0 fully saturated rings. The molecule has 0 atom stereocenters. The number of carbonyl (C=O) groups excluding carboxylic acids is 1. The molecule has 4 nitrogen and oxygen atoms in total. The molecule has 3 aromatic rings. The number of hydrogen-bond donors (Lipinski definition) is 1. The Labute approximate surface area is 165 Å². The summed E-state index contributed by atoms with van der Waals surface area (Å²) in [5.74, 6) is 0.218. The van der Waals surface area contributed by atoms with Crippen LogP contribution < -0.4 is 4.74 Å². The second-order valence-electron chi connectivity index (χ2n) is 5.65. The first-order valence-electron chi connectivity index (χ1n) is 8.17. The van der Waals surface area contributed by atoms with Crippen molar-refractivity contribution >= 4 is 39.9 Å². The molecule has 0 aromatic heterocycles. The molecular formula is C22H16BrNO3. The highest BCUT2D eigenvalue weighted by Crippen LogP contribution is 2.17. The van der Waals surface area contributed by atoms with Gasteiger partial charge in [-0.3, -0.25) is 4.99 Å². The van der Waals surface area contributed by atoms with E-state index in [1.807, 2.05) is 36.4 Å². The lowest BCUT2D eigenvalue weighted by Crippen LogP contribution is -2.03. The van der Waals surface area contributed by atoms with Gasteiger partial charge in [-0.2, -0.15) is 0 Å². The van der Waals surface area contributed by atoms with Gasteiger partial charge < -0.3 is 9.84 Å². The predicted molar refractivity (Wildman–Crippen MR) is 111 cm³/mol. The minimum Gasteiger partial charge on any atom is -0.508 e. The summed E-state index contributed by atoms with van der Waals surface area (Å²) in [7, 11) is 0. The summed E-state index contributed by atoms with van der Waals surface area (Å²) in [5.41, 5.74) is 2.51. The van der Waals surface area contributed by atoms with E-state index in [0.717, 1.165) is 21.3 Å². The summed E-state index contributed by atoms with van der Waals surface area (Å²) in [4.78, 5) is 16.2. The number of aromatic hydroxyl groups is 1. The Morgan fingerprint density at radius 2 is 1.70 bits per heavy atom. The van der Waals surface area contributed by atoms with Crippen LogP contribution in [0.5, 0.6) is 11.5 Å². The molecule has 0 radical (unpaired) electrons.